The predicted octanol–water partition coefficient (Wildman–Crippen LogP) is 7.50. The molecular formula is C25H42O2Si2. The maximum Gasteiger partial charge on any atom is 0.242 e. The SMILES string of the molecule is CC12CCC3C(CCC4C=C(O[Si](C)(C)C)C=CC43C)C1CC=C2O[Si](C)(C)C. The van der Waals surface area contributed by atoms with Gasteiger partial charge in [-0.3, -0.25) is 0 Å². The highest BCUT2D eigenvalue weighted by molar-refractivity contribution is 6.70. The van der Waals surface area contributed by atoms with Crippen LogP contribution in [0.25, 0.3) is 0 Å². The normalized spacial score (nSPS) is 41.7. The van der Waals surface area contributed by atoms with Gasteiger partial charge in [-0.2, -0.15) is 0 Å². The van der Waals surface area contributed by atoms with Gasteiger partial charge in [0, 0.05) is 5.41 Å². The van der Waals surface area contributed by atoms with Gasteiger partial charge in [0.1, 0.15) is 0 Å². The van der Waals surface area contributed by atoms with Crippen molar-refractivity contribution in [2.24, 2.45) is 34.5 Å². The van der Waals surface area contributed by atoms with Gasteiger partial charge in [-0.25, -0.2) is 0 Å². The van der Waals surface area contributed by atoms with Crippen LogP contribution in [0.3, 0.4) is 0 Å². The fourth-order valence-electron chi connectivity index (χ4n) is 6.88. The van der Waals surface area contributed by atoms with Gasteiger partial charge in [-0.1, -0.05) is 19.9 Å². The Kier molecular flexibility index (Phi) is 5.10. The lowest BCUT2D eigenvalue weighted by atomic mass is 9.47. The Morgan fingerprint density at radius 2 is 1.59 bits per heavy atom. The van der Waals surface area contributed by atoms with E-state index >= 15 is 0 Å². The van der Waals surface area contributed by atoms with Crippen LogP contribution in [0.2, 0.25) is 39.3 Å². The predicted molar refractivity (Wildman–Crippen MR) is 127 cm³/mol. The van der Waals surface area contributed by atoms with Gasteiger partial charge in [0.25, 0.3) is 0 Å². The molecule has 0 aromatic rings. The van der Waals surface area contributed by atoms with E-state index in [2.05, 4.69) is 77.4 Å². The fourth-order valence-corrected chi connectivity index (χ4v) is 8.70. The molecule has 4 heteroatoms. The first kappa shape index (κ1) is 21.5. The highest BCUT2D eigenvalue weighted by atomic mass is 28.4. The maximum absolute atomic E-state index is 6.61. The molecule has 0 heterocycles. The molecule has 0 bridgehead atoms. The van der Waals surface area contributed by atoms with Gasteiger partial charge >= 0.3 is 0 Å². The van der Waals surface area contributed by atoms with Crippen LogP contribution < -0.4 is 0 Å². The van der Waals surface area contributed by atoms with E-state index < -0.39 is 16.6 Å². The molecule has 0 aromatic carbocycles. The molecule has 162 valence electrons. The average molecular weight is 431 g/mol. The molecule has 0 N–H and O–H groups in total. The molecule has 4 aliphatic rings. The Hall–Kier alpha value is -0.746. The van der Waals surface area contributed by atoms with Crippen molar-refractivity contribution in [3.63, 3.8) is 0 Å². The molecule has 4 rings (SSSR count). The average Bonchev–Trinajstić information content (AvgIpc) is 2.89. The van der Waals surface area contributed by atoms with Gasteiger partial charge in [0.15, 0.2) is 0 Å². The number of allylic oxidation sites excluding steroid dienone is 5. The van der Waals surface area contributed by atoms with Crippen molar-refractivity contribution in [1.29, 1.82) is 0 Å². The lowest BCUT2D eigenvalue weighted by molar-refractivity contribution is -0.0564. The summed E-state index contributed by atoms with van der Waals surface area (Å²) in [5.74, 6) is 5.50. The molecule has 29 heavy (non-hydrogen) atoms. The standard InChI is InChI=1S/C25H42O2Si2/c1-24-15-13-19(26-28(3,4)5)17-18(24)9-10-20-21-11-12-23(27-29(6,7)8)25(21,2)16-14-22(20)24/h12-13,15,17-18,20-22H,9-11,14,16H2,1-8H3. The number of hydrogen-bond acceptors (Lipinski definition) is 2. The summed E-state index contributed by atoms with van der Waals surface area (Å²) in [5, 5.41) is 0. The van der Waals surface area contributed by atoms with Crippen LogP contribution in [0.5, 0.6) is 0 Å². The smallest absolute Gasteiger partial charge is 0.242 e. The number of rotatable bonds is 4. The van der Waals surface area contributed by atoms with Gasteiger partial charge in [-0.05, 0) is 119 Å². The van der Waals surface area contributed by atoms with E-state index in [4.69, 9.17) is 8.85 Å². The van der Waals surface area contributed by atoms with Crippen molar-refractivity contribution >= 4 is 16.6 Å². The second-order valence-corrected chi connectivity index (χ2v) is 21.4. The van der Waals surface area contributed by atoms with E-state index in [-0.39, 0.29) is 5.41 Å². The zero-order valence-corrected chi connectivity index (χ0v) is 22.0. The molecule has 2 fully saturated rings. The number of hydrogen-bond donors (Lipinski definition) is 0. The molecule has 0 saturated heterocycles. The van der Waals surface area contributed by atoms with Crippen molar-refractivity contribution in [2.45, 2.75) is 85.2 Å². The molecule has 0 amide bonds. The van der Waals surface area contributed by atoms with E-state index in [1.165, 1.54) is 37.9 Å². The topological polar surface area (TPSA) is 18.5 Å². The Morgan fingerprint density at radius 3 is 2.24 bits per heavy atom. The van der Waals surface area contributed by atoms with Crippen LogP contribution in [0.1, 0.15) is 46.0 Å². The summed E-state index contributed by atoms with van der Waals surface area (Å²) in [6.45, 7) is 18.9. The minimum atomic E-state index is -1.56. The van der Waals surface area contributed by atoms with E-state index in [0.29, 0.717) is 11.3 Å². The van der Waals surface area contributed by atoms with Crippen molar-refractivity contribution in [3.8, 4) is 0 Å². The quantitative estimate of drug-likeness (QED) is 0.430. The Labute approximate surface area is 181 Å². The van der Waals surface area contributed by atoms with Crippen molar-refractivity contribution < 1.29 is 8.85 Å². The summed E-state index contributed by atoms with van der Waals surface area (Å²) < 4.78 is 13.0. The highest BCUT2D eigenvalue weighted by Gasteiger charge is 2.58. The highest BCUT2D eigenvalue weighted by Crippen LogP contribution is 2.65. The molecule has 2 saturated carbocycles. The zero-order valence-electron chi connectivity index (χ0n) is 20.0. The summed E-state index contributed by atoms with van der Waals surface area (Å²) in [5.41, 5.74) is 0.559. The van der Waals surface area contributed by atoms with Gasteiger partial charge in [0.05, 0.1) is 11.5 Å². The zero-order chi connectivity index (χ0) is 21.2. The first-order chi connectivity index (χ1) is 13.3. The van der Waals surface area contributed by atoms with E-state index in [0.717, 1.165) is 23.5 Å². The largest absolute Gasteiger partial charge is 0.547 e. The van der Waals surface area contributed by atoms with Crippen molar-refractivity contribution in [1.82, 2.24) is 0 Å². The molecule has 6 unspecified atom stereocenters. The molecular weight excluding hydrogens is 388 g/mol. The maximum atomic E-state index is 6.61. The summed E-state index contributed by atoms with van der Waals surface area (Å²) >= 11 is 0. The van der Waals surface area contributed by atoms with Crippen LogP contribution in [0.15, 0.2) is 35.8 Å². The Morgan fingerprint density at radius 1 is 0.897 bits per heavy atom. The third-order valence-corrected chi connectivity index (χ3v) is 9.85. The summed E-state index contributed by atoms with van der Waals surface area (Å²) in [7, 11) is -3.11. The van der Waals surface area contributed by atoms with Crippen LogP contribution in [0, 0.1) is 34.5 Å². The van der Waals surface area contributed by atoms with Crippen LogP contribution >= 0.6 is 0 Å². The third-order valence-electron chi connectivity index (χ3n) is 8.17. The molecule has 0 spiro atoms. The Bertz CT molecular complexity index is 754. The third kappa shape index (κ3) is 3.84. The first-order valence-electron chi connectivity index (χ1n) is 11.8. The second-order valence-electron chi connectivity index (χ2n) is 12.5. The van der Waals surface area contributed by atoms with Crippen LogP contribution in [-0.2, 0) is 8.85 Å². The molecule has 4 aliphatic carbocycles. The molecule has 2 nitrogen and oxygen atoms in total. The van der Waals surface area contributed by atoms with E-state index in [1.807, 2.05) is 0 Å². The second kappa shape index (κ2) is 6.88. The summed E-state index contributed by atoms with van der Waals surface area (Å²) in [6.07, 6.45) is 16.3. The number of fused-ring (bicyclic) bond motifs is 5. The Balaban J connectivity index is 1.55. The minimum absolute atomic E-state index is 0.269. The summed E-state index contributed by atoms with van der Waals surface area (Å²) in [6, 6.07) is 0. The lowest BCUT2D eigenvalue weighted by Gasteiger charge is -2.58. The molecule has 0 aliphatic heterocycles. The monoisotopic (exact) mass is 430 g/mol. The molecule has 0 aromatic heterocycles. The summed E-state index contributed by atoms with van der Waals surface area (Å²) in [4.78, 5) is 0. The molecule has 6 atom stereocenters. The van der Waals surface area contributed by atoms with Crippen LogP contribution in [0.4, 0.5) is 0 Å². The first-order valence-corrected chi connectivity index (χ1v) is 18.6. The molecule has 0 radical (unpaired) electrons. The van der Waals surface area contributed by atoms with Gasteiger partial charge in [0.2, 0.25) is 16.6 Å². The van der Waals surface area contributed by atoms with Gasteiger partial charge < -0.3 is 8.85 Å². The minimum Gasteiger partial charge on any atom is -0.547 e. The lowest BCUT2D eigenvalue weighted by Crippen LogP contribution is -2.51. The van der Waals surface area contributed by atoms with E-state index in [9.17, 15) is 0 Å². The van der Waals surface area contributed by atoms with Crippen molar-refractivity contribution in [2.75, 3.05) is 0 Å². The van der Waals surface area contributed by atoms with Gasteiger partial charge in [-0.15, -0.1) is 0 Å². The van der Waals surface area contributed by atoms with Crippen LogP contribution in [-0.4, -0.2) is 16.6 Å². The fraction of sp³-hybridized carbons (Fsp3) is 0.760. The van der Waals surface area contributed by atoms with E-state index in [1.54, 1.807) is 0 Å². The van der Waals surface area contributed by atoms with Crippen molar-refractivity contribution in [3.05, 3.63) is 35.8 Å².